The Morgan fingerprint density at radius 2 is 1.80 bits per heavy atom. The predicted octanol–water partition coefficient (Wildman–Crippen LogP) is 6.61. The van der Waals surface area contributed by atoms with Crippen LogP contribution in [0.2, 0.25) is 0 Å². The van der Waals surface area contributed by atoms with Gasteiger partial charge in [-0.2, -0.15) is 0 Å². The van der Waals surface area contributed by atoms with E-state index in [4.69, 9.17) is 0 Å². The van der Waals surface area contributed by atoms with Crippen molar-refractivity contribution in [3.8, 4) is 0 Å². The molecule has 1 aromatic carbocycles. The van der Waals surface area contributed by atoms with Crippen LogP contribution in [0, 0.1) is 24.7 Å². The average Bonchev–Trinajstić information content (AvgIpc) is 2.72. The summed E-state index contributed by atoms with van der Waals surface area (Å²) in [5, 5.41) is 6.01. The molecule has 4 nitrogen and oxygen atoms in total. The van der Waals surface area contributed by atoms with Crippen LogP contribution in [0.4, 0.5) is 5.69 Å². The highest BCUT2D eigenvalue weighted by Gasteiger charge is 2.30. The Morgan fingerprint density at radius 3 is 2.40 bits per heavy atom. The Morgan fingerprint density at radius 1 is 1.10 bits per heavy atom. The zero-order valence-electron chi connectivity index (χ0n) is 19.1. The first kappa shape index (κ1) is 24.9. The average molecular weight is 480 g/mol. The molecule has 1 aliphatic carbocycles. The van der Waals surface area contributed by atoms with E-state index in [0.29, 0.717) is 0 Å². The van der Waals surface area contributed by atoms with Crippen molar-refractivity contribution in [3.63, 3.8) is 0 Å². The van der Waals surface area contributed by atoms with Crippen LogP contribution < -0.4 is 10.6 Å². The van der Waals surface area contributed by atoms with E-state index in [1.54, 1.807) is 0 Å². The van der Waals surface area contributed by atoms with Gasteiger partial charge in [0.2, 0.25) is 11.8 Å². The van der Waals surface area contributed by atoms with Gasteiger partial charge < -0.3 is 10.6 Å². The monoisotopic (exact) mass is 478 g/mol. The minimum atomic E-state index is -0.520. The predicted molar refractivity (Wildman–Crippen MR) is 128 cm³/mol. The molecule has 0 spiro atoms. The lowest BCUT2D eigenvalue weighted by Gasteiger charge is -2.30. The third-order valence-electron chi connectivity index (χ3n) is 6.36. The second kappa shape index (κ2) is 12.5. The van der Waals surface area contributed by atoms with Crippen LogP contribution in [0.25, 0.3) is 0 Å². The van der Waals surface area contributed by atoms with E-state index < -0.39 is 6.04 Å². The molecule has 0 radical (unpaired) electrons. The molecule has 1 fully saturated rings. The summed E-state index contributed by atoms with van der Waals surface area (Å²) in [7, 11) is 0. The normalized spacial score (nSPS) is 20.1. The quantitative estimate of drug-likeness (QED) is 0.371. The molecule has 0 unspecified atom stereocenters. The van der Waals surface area contributed by atoms with Crippen molar-refractivity contribution < 1.29 is 9.59 Å². The van der Waals surface area contributed by atoms with Crippen molar-refractivity contribution >= 4 is 33.4 Å². The van der Waals surface area contributed by atoms with Gasteiger partial charge in [-0.25, -0.2) is 0 Å². The highest BCUT2D eigenvalue weighted by atomic mass is 79.9. The van der Waals surface area contributed by atoms with E-state index in [-0.39, 0.29) is 23.7 Å². The fourth-order valence-electron chi connectivity index (χ4n) is 4.32. The number of hydrogen-bond acceptors (Lipinski definition) is 2. The summed E-state index contributed by atoms with van der Waals surface area (Å²) >= 11 is 3.48. The molecule has 1 aromatic rings. The SMILES string of the molecule is CCCCCCC1CCC(C(=O)N[C@@H](C(=O)Nc2ccc(Br)c(C)c2)C(C)C)CC1. The molecule has 0 aromatic heterocycles. The molecular formula is C25H39BrN2O2. The molecule has 0 bridgehead atoms. The molecule has 2 rings (SSSR count). The number of hydrogen-bond donors (Lipinski definition) is 2. The zero-order chi connectivity index (χ0) is 22.1. The number of benzene rings is 1. The van der Waals surface area contributed by atoms with Crippen molar-refractivity contribution in [1.29, 1.82) is 0 Å². The van der Waals surface area contributed by atoms with Crippen LogP contribution in [-0.4, -0.2) is 17.9 Å². The molecule has 1 saturated carbocycles. The number of carbonyl (C=O) groups is 2. The number of amides is 2. The van der Waals surface area contributed by atoms with Gasteiger partial charge in [-0.05, 0) is 68.2 Å². The first-order chi connectivity index (χ1) is 14.3. The summed E-state index contributed by atoms with van der Waals surface area (Å²) in [5.74, 6) is 0.738. The van der Waals surface area contributed by atoms with Crippen LogP contribution in [0.15, 0.2) is 22.7 Å². The summed E-state index contributed by atoms with van der Waals surface area (Å²) in [6.45, 7) is 8.19. The van der Waals surface area contributed by atoms with Crippen molar-refractivity contribution in [2.75, 3.05) is 5.32 Å². The van der Waals surface area contributed by atoms with E-state index in [0.717, 1.165) is 47.3 Å². The van der Waals surface area contributed by atoms with E-state index in [1.807, 2.05) is 39.0 Å². The second-order valence-electron chi connectivity index (χ2n) is 9.25. The Kier molecular flexibility index (Phi) is 10.4. The van der Waals surface area contributed by atoms with E-state index >= 15 is 0 Å². The standard InChI is InChI=1S/C25H39BrN2O2/c1-5-6-7-8-9-19-10-12-20(13-11-19)24(29)28-23(17(2)3)25(30)27-21-14-15-22(26)18(4)16-21/h14-17,19-20,23H,5-13H2,1-4H3,(H,27,30)(H,28,29)/t19?,20?,23-/m1/s1. The lowest BCUT2D eigenvalue weighted by atomic mass is 9.79. The zero-order valence-corrected chi connectivity index (χ0v) is 20.7. The lowest BCUT2D eigenvalue weighted by molar-refractivity contribution is -0.131. The highest BCUT2D eigenvalue weighted by Crippen LogP contribution is 2.32. The summed E-state index contributed by atoms with van der Waals surface area (Å²) in [6.07, 6.45) is 10.7. The number of halogens is 1. The highest BCUT2D eigenvalue weighted by molar-refractivity contribution is 9.10. The smallest absolute Gasteiger partial charge is 0.247 e. The summed E-state index contributed by atoms with van der Waals surface area (Å²) in [5.41, 5.74) is 1.81. The molecule has 2 amide bonds. The molecule has 0 heterocycles. The van der Waals surface area contributed by atoms with Gasteiger partial charge in [-0.1, -0.05) is 68.8 Å². The van der Waals surface area contributed by atoms with E-state index in [1.165, 1.54) is 32.1 Å². The van der Waals surface area contributed by atoms with Gasteiger partial charge in [0.05, 0.1) is 0 Å². The molecule has 168 valence electrons. The minimum Gasteiger partial charge on any atom is -0.344 e. The molecule has 0 saturated heterocycles. The summed E-state index contributed by atoms with van der Waals surface area (Å²) in [4.78, 5) is 25.7. The van der Waals surface area contributed by atoms with Crippen molar-refractivity contribution in [2.24, 2.45) is 17.8 Å². The van der Waals surface area contributed by atoms with Crippen molar-refractivity contribution in [1.82, 2.24) is 5.32 Å². The largest absolute Gasteiger partial charge is 0.344 e. The van der Waals surface area contributed by atoms with Gasteiger partial charge in [0.1, 0.15) is 6.04 Å². The lowest BCUT2D eigenvalue weighted by Crippen LogP contribution is -2.49. The summed E-state index contributed by atoms with van der Waals surface area (Å²) < 4.78 is 1.01. The fraction of sp³-hybridized carbons (Fsp3) is 0.680. The van der Waals surface area contributed by atoms with Crippen LogP contribution in [0.3, 0.4) is 0 Å². The third kappa shape index (κ3) is 7.72. The third-order valence-corrected chi connectivity index (χ3v) is 7.25. The summed E-state index contributed by atoms with van der Waals surface area (Å²) in [6, 6.07) is 5.21. The molecule has 1 aliphatic rings. The van der Waals surface area contributed by atoms with E-state index in [9.17, 15) is 9.59 Å². The Bertz CT molecular complexity index is 696. The topological polar surface area (TPSA) is 58.2 Å². The Balaban J connectivity index is 1.85. The molecule has 5 heteroatoms. The minimum absolute atomic E-state index is 0.0281. The number of aryl methyl sites for hydroxylation is 1. The van der Waals surface area contributed by atoms with Crippen LogP contribution in [-0.2, 0) is 9.59 Å². The van der Waals surface area contributed by atoms with Crippen LogP contribution in [0.5, 0.6) is 0 Å². The van der Waals surface area contributed by atoms with Gasteiger partial charge in [-0.3, -0.25) is 9.59 Å². The molecule has 2 N–H and O–H groups in total. The number of nitrogens with one attached hydrogen (secondary N) is 2. The number of unbranched alkanes of at least 4 members (excludes halogenated alkanes) is 3. The van der Waals surface area contributed by atoms with Gasteiger partial charge in [0, 0.05) is 16.1 Å². The van der Waals surface area contributed by atoms with Crippen LogP contribution >= 0.6 is 15.9 Å². The molecule has 30 heavy (non-hydrogen) atoms. The Labute approximate surface area is 191 Å². The Hall–Kier alpha value is -1.36. The van der Waals surface area contributed by atoms with Gasteiger partial charge in [0.15, 0.2) is 0 Å². The maximum atomic E-state index is 12.9. The number of carbonyl (C=O) groups excluding carboxylic acids is 2. The van der Waals surface area contributed by atoms with Crippen molar-refractivity contribution in [2.45, 2.75) is 91.5 Å². The molecule has 0 aliphatic heterocycles. The number of anilines is 1. The van der Waals surface area contributed by atoms with E-state index in [2.05, 4.69) is 33.5 Å². The maximum absolute atomic E-state index is 12.9. The van der Waals surface area contributed by atoms with Crippen molar-refractivity contribution in [3.05, 3.63) is 28.2 Å². The second-order valence-corrected chi connectivity index (χ2v) is 10.1. The maximum Gasteiger partial charge on any atom is 0.247 e. The first-order valence-corrected chi connectivity index (χ1v) is 12.5. The molecular weight excluding hydrogens is 440 g/mol. The van der Waals surface area contributed by atoms with Gasteiger partial charge in [0.25, 0.3) is 0 Å². The van der Waals surface area contributed by atoms with Crippen LogP contribution in [0.1, 0.15) is 84.1 Å². The molecule has 1 atom stereocenters. The number of rotatable bonds is 10. The first-order valence-electron chi connectivity index (χ1n) is 11.7. The van der Waals surface area contributed by atoms with Gasteiger partial charge >= 0.3 is 0 Å². The fourth-order valence-corrected chi connectivity index (χ4v) is 4.57. The van der Waals surface area contributed by atoms with Gasteiger partial charge in [-0.15, -0.1) is 0 Å².